The van der Waals surface area contributed by atoms with E-state index in [1.165, 1.54) is 38.8 Å². The minimum Gasteiger partial charge on any atom is -1.00 e. The Morgan fingerprint density at radius 1 is 0.702 bits per heavy atom. The van der Waals surface area contributed by atoms with E-state index in [1.54, 1.807) is 103 Å². The maximum absolute atomic E-state index is 14.0. The van der Waals surface area contributed by atoms with E-state index in [9.17, 15) is 32.8 Å². The van der Waals surface area contributed by atoms with Crippen LogP contribution in [-0.4, -0.2) is 150 Å². The standard InChI is InChI=1S/C16H17ClF2N4O.C16H18ClN5O3.C16H17ClN4O2.C4H8O.C2H6.C2H5.CH4.BrH.Mg/c1-2-16(18,19)14-12-9-23(7-6-13(12)21-22-14)15(24)20-11-5-3-4-10(17)8-11;1-21(25-2)15(23)14-12-9-22(7-6-13(12)19-20-14)16(24)18-11-5-3-4-10(17)8-11;1-2-14(22)15-12-9-21(7-6-13(12)19-20-15)16(23)18-11-5-3-4-10(17)8-11;1-2-4-5-3-1;2*1-2;;;/h3-5,8H,2,6-7,9H2,1H3,(H,20,24)(H,21,22);3-5,8H,6-7,9H2,1-2H3,(H,18,24)(H,19,20);3-5,8H,2,6-7,9H2,1H3,(H,18,23)(H,19,20);1-4H2;1-2H3;1H2,2H3;1H4;1H;/q;;;;;-1;;;+2/p-1/i;;;;1D;;;;. The van der Waals surface area contributed by atoms with Crippen LogP contribution in [0.5, 0.6) is 0 Å². The minimum absolute atomic E-state index is 0. The second-order valence-corrected chi connectivity index (χ2v) is 19.4. The number of anilines is 3. The number of carbonyl (C=O) groups is 5. The molecule has 0 atom stereocenters. The van der Waals surface area contributed by atoms with Crippen LogP contribution in [0.1, 0.15) is 130 Å². The molecule has 1 fully saturated rings. The smallest absolute Gasteiger partial charge is 1.00 e. The van der Waals surface area contributed by atoms with Crippen LogP contribution in [0.3, 0.4) is 0 Å². The molecule has 0 saturated carbocycles. The number of halogens is 6. The summed E-state index contributed by atoms with van der Waals surface area (Å²) < 4.78 is 39.2. The minimum atomic E-state index is -3.00. The Labute approximate surface area is 533 Å². The number of Topliss-reactive ketones (excluding diaryl/α,β-unsaturated/α-hetero) is 1. The predicted molar refractivity (Wildman–Crippen MR) is 322 cm³/mol. The van der Waals surface area contributed by atoms with Gasteiger partial charge in [-0.05, 0) is 67.4 Å². The van der Waals surface area contributed by atoms with Gasteiger partial charge in [0, 0.05) is 139 Å². The number of hydroxylamine groups is 2. The van der Waals surface area contributed by atoms with Crippen molar-refractivity contribution in [3.8, 4) is 0 Å². The molecule has 0 spiro atoms. The fourth-order valence-corrected chi connectivity index (χ4v) is 9.07. The molecule has 7 amide bonds. The van der Waals surface area contributed by atoms with Crippen molar-refractivity contribution in [3.05, 3.63) is 146 Å². The third-order valence-corrected chi connectivity index (χ3v) is 13.6. The zero-order valence-corrected chi connectivity index (χ0v) is 52.7. The Hall–Kier alpha value is -5.86. The van der Waals surface area contributed by atoms with E-state index in [-0.39, 0.29) is 108 Å². The normalized spacial score (nSPS) is 13.5. The number of benzene rings is 3. The third-order valence-electron chi connectivity index (χ3n) is 12.9. The summed E-state index contributed by atoms with van der Waals surface area (Å²) in [5.41, 5.74) is 6.68. The number of ether oxygens (including phenoxy) is 1. The van der Waals surface area contributed by atoms with E-state index in [0.717, 1.165) is 35.2 Å². The number of aromatic nitrogens is 6. The molecule has 0 radical (unpaired) electrons. The number of aromatic amines is 3. The Morgan fingerprint density at radius 2 is 1.07 bits per heavy atom. The zero-order valence-electron chi connectivity index (χ0n) is 48.4. The quantitative estimate of drug-likeness (QED) is 0.0347. The second-order valence-electron chi connectivity index (χ2n) is 18.1. The fourth-order valence-electron chi connectivity index (χ4n) is 8.50. The van der Waals surface area contributed by atoms with Gasteiger partial charge in [-0.3, -0.25) is 29.7 Å². The molecule has 6 N–H and O–H groups in total. The van der Waals surface area contributed by atoms with Gasteiger partial charge in [-0.25, -0.2) is 19.4 Å². The number of carbonyl (C=O) groups excluding carboxylic acids is 5. The monoisotopic (exact) mass is 1300 g/mol. The summed E-state index contributed by atoms with van der Waals surface area (Å²) >= 11 is 17.7. The Bertz CT molecular complexity index is 3080. The van der Waals surface area contributed by atoms with Gasteiger partial charge in [-0.15, -0.1) is 0 Å². The number of ketones is 1. The Morgan fingerprint density at radius 3 is 1.43 bits per heavy atom. The molecule has 7 heterocycles. The van der Waals surface area contributed by atoms with Gasteiger partial charge in [-0.1, -0.05) is 88.1 Å². The molecule has 3 aromatic heterocycles. The van der Waals surface area contributed by atoms with Gasteiger partial charge in [0.25, 0.3) is 11.8 Å². The number of rotatable bonds is 9. The number of amides is 7. The van der Waals surface area contributed by atoms with Crippen molar-refractivity contribution in [2.45, 2.75) is 113 Å². The summed E-state index contributed by atoms with van der Waals surface area (Å²) in [4.78, 5) is 71.3. The van der Waals surface area contributed by atoms with Crippen LogP contribution < -0.4 is 32.9 Å². The van der Waals surface area contributed by atoms with Gasteiger partial charge in [-0.2, -0.15) is 31.0 Å². The van der Waals surface area contributed by atoms with Crippen molar-refractivity contribution < 1.29 is 60.7 Å². The molecular weight excluding hydrogens is 1230 g/mol. The molecule has 6 aromatic rings. The number of nitrogens with one attached hydrogen (secondary N) is 6. The molecule has 0 aliphatic carbocycles. The van der Waals surface area contributed by atoms with E-state index >= 15 is 0 Å². The van der Waals surface area contributed by atoms with Crippen molar-refractivity contribution in [1.29, 1.82) is 0 Å². The first-order valence-corrected chi connectivity index (χ1v) is 27.5. The summed E-state index contributed by atoms with van der Waals surface area (Å²) in [6.07, 6.45) is 4.33. The first-order valence-electron chi connectivity index (χ1n) is 27.0. The zero-order chi connectivity index (χ0) is 59.9. The molecule has 20 nitrogen and oxygen atoms in total. The van der Waals surface area contributed by atoms with Crippen molar-refractivity contribution in [2.24, 2.45) is 0 Å². The maximum atomic E-state index is 14.0. The van der Waals surface area contributed by atoms with Crippen molar-refractivity contribution >= 4 is 105 Å². The molecule has 10 rings (SSSR count). The van der Waals surface area contributed by atoms with Crippen LogP contribution in [0.15, 0.2) is 72.8 Å². The maximum Gasteiger partial charge on any atom is 2.00 e. The molecule has 1 saturated heterocycles. The van der Waals surface area contributed by atoms with Crippen LogP contribution in [0.4, 0.5) is 40.2 Å². The van der Waals surface area contributed by atoms with Crippen LogP contribution in [0.25, 0.3) is 0 Å². The molecule has 27 heteroatoms. The van der Waals surface area contributed by atoms with E-state index < -0.39 is 5.92 Å². The topological polar surface area (TPSA) is 239 Å². The number of hydrogen-bond acceptors (Lipinski definition) is 10. The summed E-state index contributed by atoms with van der Waals surface area (Å²) in [7, 11) is 2.91. The summed E-state index contributed by atoms with van der Waals surface area (Å²) in [6, 6.07) is 19.9. The van der Waals surface area contributed by atoms with E-state index in [0.29, 0.717) is 113 Å². The number of H-pyrrole nitrogens is 3. The third kappa shape index (κ3) is 20.7. The van der Waals surface area contributed by atoms with Crippen molar-refractivity contribution in [3.63, 3.8) is 0 Å². The van der Waals surface area contributed by atoms with Crippen LogP contribution in [-0.2, 0) is 54.4 Å². The number of hydrogen-bond donors (Lipinski definition) is 6. The van der Waals surface area contributed by atoms with Gasteiger partial charge >= 0.3 is 41.1 Å². The van der Waals surface area contributed by atoms with Crippen LogP contribution in [0.2, 0.25) is 15.1 Å². The number of urea groups is 3. The SMILES string of the molecule is C.C1CCOC1.CCC(=O)c1n[nH]c2c1CN(C(=O)Nc1cccc(Cl)c1)CC2.CCC(F)(F)c1n[nH]c2c1CN(C(=O)Nc1cccc(Cl)c1)CC2.CON(C)C(=O)c1n[nH]c2c1CN(C(=O)Nc1cccc(Cl)c1)CC2.[2H]CC.[Br-].[CH2-]C.[Mg+2]. The number of alkyl halides is 2. The molecule has 454 valence electrons. The first kappa shape index (κ1) is 72.4. The van der Waals surface area contributed by atoms with Crippen molar-refractivity contribution in [1.82, 2.24) is 50.4 Å². The predicted octanol–water partition coefficient (Wildman–Crippen LogP) is 9.61. The summed E-state index contributed by atoms with van der Waals surface area (Å²) in [5, 5.41) is 31.5. The molecule has 84 heavy (non-hydrogen) atoms. The van der Waals surface area contributed by atoms with Crippen LogP contribution >= 0.6 is 34.8 Å². The Balaban J connectivity index is 0.000000395. The largest absolute Gasteiger partial charge is 2.00 e. The fraction of sp³-hybridized carbons (Fsp3) is 0.421. The molecular formula is C57H75BrCl3F2MgN13O7. The van der Waals surface area contributed by atoms with Crippen LogP contribution in [0, 0.1) is 6.92 Å². The van der Waals surface area contributed by atoms with Gasteiger partial charge in [0.05, 0.1) is 26.7 Å². The summed E-state index contributed by atoms with van der Waals surface area (Å²) in [5.74, 6) is -3.38. The van der Waals surface area contributed by atoms with Gasteiger partial charge in [0.1, 0.15) is 11.4 Å². The first-order chi connectivity index (χ1) is 39.4. The molecule has 0 bridgehead atoms. The molecule has 4 aliphatic rings. The van der Waals surface area contributed by atoms with Crippen molar-refractivity contribution in [2.75, 3.05) is 63.0 Å². The average Bonchev–Trinajstić information content (AvgIpc) is 3.17. The average molecular weight is 1300 g/mol. The second kappa shape index (κ2) is 36.9. The van der Waals surface area contributed by atoms with Gasteiger partial charge < -0.3 is 59.3 Å². The van der Waals surface area contributed by atoms with E-state index in [4.69, 9.17) is 45.7 Å². The van der Waals surface area contributed by atoms with E-state index in [1.807, 2.05) is 0 Å². The van der Waals surface area contributed by atoms with Gasteiger partial charge in [0.15, 0.2) is 11.5 Å². The molecule has 4 aliphatic heterocycles. The molecule has 0 unspecified atom stereocenters. The number of fused-ring (bicyclic) bond motifs is 3. The summed E-state index contributed by atoms with van der Waals surface area (Å²) in [6.45, 7) is 14.8. The van der Waals surface area contributed by atoms with Gasteiger partial charge in [0.2, 0.25) is 0 Å². The number of nitrogens with zero attached hydrogens (tertiary/aromatic N) is 7. The van der Waals surface area contributed by atoms with E-state index in [2.05, 4.69) is 53.5 Å². The Kier molecular flexibility index (Phi) is 31.8. The molecule has 3 aromatic carbocycles.